The van der Waals surface area contributed by atoms with E-state index in [9.17, 15) is 4.79 Å². The number of hydrogen-bond donors (Lipinski definition) is 3. The maximum Gasteiger partial charge on any atom is 0.259 e. The number of benzene rings is 1. The molecule has 6 heteroatoms. The van der Waals surface area contributed by atoms with Crippen molar-refractivity contribution < 1.29 is 0 Å². The van der Waals surface area contributed by atoms with E-state index >= 15 is 0 Å². The summed E-state index contributed by atoms with van der Waals surface area (Å²) in [6, 6.07) is 8.08. The Balaban J connectivity index is 2.59. The summed E-state index contributed by atoms with van der Waals surface area (Å²) in [4.78, 5) is 14.3. The first-order valence-electron chi connectivity index (χ1n) is 5.02. The molecule has 0 atom stereocenters. The molecule has 0 radical (unpaired) electrons. The van der Waals surface area contributed by atoms with Crippen molar-refractivity contribution in [3.63, 3.8) is 0 Å². The minimum atomic E-state index is -0.434. The lowest BCUT2D eigenvalue weighted by atomic mass is 10.1. The van der Waals surface area contributed by atoms with Crippen LogP contribution in [0.1, 0.15) is 5.56 Å². The van der Waals surface area contributed by atoms with Gasteiger partial charge in [0.05, 0.1) is 5.56 Å². The third-order valence-corrected chi connectivity index (χ3v) is 2.98. The average molecular weight is 282 g/mol. The first-order chi connectivity index (χ1) is 8.49. The minimum absolute atomic E-state index is 0.122. The van der Waals surface area contributed by atoms with Crippen molar-refractivity contribution in [2.75, 3.05) is 0 Å². The Morgan fingerprint density at radius 2 is 1.94 bits per heavy atom. The molecule has 0 amide bonds. The van der Waals surface area contributed by atoms with Crippen molar-refractivity contribution in [3.8, 4) is 11.3 Å². The summed E-state index contributed by atoms with van der Waals surface area (Å²) >= 11 is 11.9. The fourth-order valence-electron chi connectivity index (χ4n) is 1.55. The van der Waals surface area contributed by atoms with Gasteiger partial charge < -0.3 is 10.7 Å². The molecular formula is C12H9Cl2N3O. The van der Waals surface area contributed by atoms with Crippen LogP contribution in [0.15, 0.2) is 35.1 Å². The molecule has 18 heavy (non-hydrogen) atoms. The Labute approximate surface area is 113 Å². The SMILES string of the molecule is N=C(N)c1ccc(-c2cc(Cl)ccc2Cl)[nH]c1=O. The first kappa shape index (κ1) is 12.7. The van der Waals surface area contributed by atoms with E-state index in [2.05, 4.69) is 4.98 Å². The van der Waals surface area contributed by atoms with Gasteiger partial charge in [-0.25, -0.2) is 0 Å². The highest BCUT2D eigenvalue weighted by Crippen LogP contribution is 2.28. The molecule has 1 heterocycles. The number of amidine groups is 1. The van der Waals surface area contributed by atoms with Crippen molar-refractivity contribution in [2.45, 2.75) is 0 Å². The normalized spacial score (nSPS) is 10.3. The summed E-state index contributed by atoms with van der Waals surface area (Å²) in [5, 5.41) is 8.24. The molecule has 4 N–H and O–H groups in total. The molecule has 0 fully saturated rings. The van der Waals surface area contributed by atoms with Gasteiger partial charge in [0.15, 0.2) is 0 Å². The highest BCUT2D eigenvalue weighted by atomic mass is 35.5. The minimum Gasteiger partial charge on any atom is -0.384 e. The van der Waals surface area contributed by atoms with E-state index in [4.69, 9.17) is 34.3 Å². The zero-order valence-corrected chi connectivity index (χ0v) is 10.6. The highest BCUT2D eigenvalue weighted by Gasteiger charge is 2.08. The molecule has 1 aromatic heterocycles. The smallest absolute Gasteiger partial charge is 0.259 e. The molecule has 2 rings (SSSR count). The van der Waals surface area contributed by atoms with Gasteiger partial charge in [-0.15, -0.1) is 0 Å². The molecule has 0 bridgehead atoms. The number of halogens is 2. The average Bonchev–Trinajstić information content (AvgIpc) is 2.31. The Morgan fingerprint density at radius 1 is 1.22 bits per heavy atom. The number of nitrogens with one attached hydrogen (secondary N) is 2. The van der Waals surface area contributed by atoms with Gasteiger partial charge in [-0.3, -0.25) is 10.2 Å². The topological polar surface area (TPSA) is 82.7 Å². The molecule has 0 saturated carbocycles. The van der Waals surface area contributed by atoms with Gasteiger partial charge in [0.1, 0.15) is 5.84 Å². The number of nitrogen functional groups attached to an aromatic ring is 1. The second-order valence-electron chi connectivity index (χ2n) is 3.65. The highest BCUT2D eigenvalue weighted by molar-refractivity contribution is 6.35. The number of H-pyrrole nitrogens is 1. The summed E-state index contributed by atoms with van der Waals surface area (Å²) < 4.78 is 0. The summed E-state index contributed by atoms with van der Waals surface area (Å²) in [5.41, 5.74) is 6.11. The molecule has 0 saturated heterocycles. The van der Waals surface area contributed by atoms with Crippen LogP contribution in [0.25, 0.3) is 11.3 Å². The lowest BCUT2D eigenvalue weighted by Crippen LogP contribution is -2.23. The molecule has 0 aliphatic heterocycles. The fraction of sp³-hybridized carbons (Fsp3) is 0. The van der Waals surface area contributed by atoms with E-state index < -0.39 is 5.56 Å². The maximum atomic E-state index is 11.7. The monoisotopic (exact) mass is 281 g/mol. The van der Waals surface area contributed by atoms with Gasteiger partial charge in [0.25, 0.3) is 5.56 Å². The second-order valence-corrected chi connectivity index (χ2v) is 4.50. The summed E-state index contributed by atoms with van der Waals surface area (Å²) in [6.45, 7) is 0. The molecule has 1 aromatic carbocycles. The van der Waals surface area contributed by atoms with Gasteiger partial charge in [-0.2, -0.15) is 0 Å². The van der Waals surface area contributed by atoms with Crippen LogP contribution in [-0.4, -0.2) is 10.8 Å². The molecule has 0 aliphatic carbocycles. The van der Waals surface area contributed by atoms with Crippen LogP contribution in [0.5, 0.6) is 0 Å². The largest absolute Gasteiger partial charge is 0.384 e. The third-order valence-electron chi connectivity index (χ3n) is 2.42. The third kappa shape index (κ3) is 2.39. The summed E-state index contributed by atoms with van der Waals surface area (Å²) in [5.74, 6) is -0.278. The standard InChI is InChI=1S/C12H9Cl2N3O/c13-6-1-3-9(14)8(5-6)10-4-2-7(11(15)16)12(18)17-10/h1-5H,(H3,15,16)(H,17,18). The van der Waals surface area contributed by atoms with E-state index in [1.54, 1.807) is 24.3 Å². The Bertz CT molecular complexity index is 679. The van der Waals surface area contributed by atoms with Crippen LogP contribution >= 0.6 is 23.2 Å². The van der Waals surface area contributed by atoms with Crippen LogP contribution in [0.4, 0.5) is 0 Å². The number of rotatable bonds is 2. The van der Waals surface area contributed by atoms with Crippen molar-refractivity contribution in [1.29, 1.82) is 5.41 Å². The quantitative estimate of drug-likeness (QED) is 0.584. The van der Waals surface area contributed by atoms with Gasteiger partial charge >= 0.3 is 0 Å². The first-order valence-corrected chi connectivity index (χ1v) is 5.78. The molecular weight excluding hydrogens is 273 g/mol. The van der Waals surface area contributed by atoms with Crippen LogP contribution < -0.4 is 11.3 Å². The number of aromatic nitrogens is 1. The van der Waals surface area contributed by atoms with Gasteiger partial charge in [-0.1, -0.05) is 23.2 Å². The van der Waals surface area contributed by atoms with Crippen molar-refractivity contribution in [1.82, 2.24) is 4.98 Å². The number of pyridine rings is 1. The van der Waals surface area contributed by atoms with Crippen LogP contribution in [-0.2, 0) is 0 Å². The zero-order chi connectivity index (χ0) is 13.3. The Kier molecular flexibility index (Phi) is 3.41. The summed E-state index contributed by atoms with van der Waals surface area (Å²) in [7, 11) is 0. The van der Waals surface area contributed by atoms with E-state index in [1.165, 1.54) is 6.07 Å². The fourth-order valence-corrected chi connectivity index (χ4v) is 1.94. The Hall–Kier alpha value is -1.78. The van der Waals surface area contributed by atoms with Gasteiger partial charge in [-0.05, 0) is 30.3 Å². The zero-order valence-electron chi connectivity index (χ0n) is 9.13. The Morgan fingerprint density at radius 3 is 2.56 bits per heavy atom. The molecule has 0 spiro atoms. The second kappa shape index (κ2) is 4.84. The molecule has 0 unspecified atom stereocenters. The van der Waals surface area contributed by atoms with E-state index in [0.29, 0.717) is 21.3 Å². The number of nitrogens with two attached hydrogens (primary N) is 1. The number of hydrogen-bond acceptors (Lipinski definition) is 2. The van der Waals surface area contributed by atoms with Crippen molar-refractivity contribution in [2.24, 2.45) is 5.73 Å². The van der Waals surface area contributed by atoms with Crippen molar-refractivity contribution in [3.05, 3.63) is 56.3 Å². The lowest BCUT2D eigenvalue weighted by Gasteiger charge is -2.06. The maximum absolute atomic E-state index is 11.7. The van der Waals surface area contributed by atoms with Crippen LogP contribution in [0, 0.1) is 5.41 Å². The van der Waals surface area contributed by atoms with Crippen molar-refractivity contribution >= 4 is 29.0 Å². The van der Waals surface area contributed by atoms with Gasteiger partial charge in [0, 0.05) is 21.3 Å². The van der Waals surface area contributed by atoms with Crippen LogP contribution in [0.2, 0.25) is 10.0 Å². The molecule has 92 valence electrons. The van der Waals surface area contributed by atoms with Gasteiger partial charge in [0.2, 0.25) is 0 Å². The lowest BCUT2D eigenvalue weighted by molar-refractivity contribution is 1.21. The summed E-state index contributed by atoms with van der Waals surface area (Å²) in [6.07, 6.45) is 0. The van der Waals surface area contributed by atoms with E-state index in [-0.39, 0.29) is 11.4 Å². The van der Waals surface area contributed by atoms with Crippen LogP contribution in [0.3, 0.4) is 0 Å². The molecule has 0 aliphatic rings. The molecule has 2 aromatic rings. The molecule has 4 nitrogen and oxygen atoms in total. The number of aromatic amines is 1. The van der Waals surface area contributed by atoms with E-state index in [0.717, 1.165) is 0 Å². The predicted octanol–water partition coefficient (Wildman–Crippen LogP) is 2.63. The van der Waals surface area contributed by atoms with E-state index in [1.807, 2.05) is 0 Å². The predicted molar refractivity (Wildman–Crippen MR) is 73.5 cm³/mol.